The number of halogens is 1. The van der Waals surface area contributed by atoms with Crippen molar-refractivity contribution >= 4 is 28.9 Å². The summed E-state index contributed by atoms with van der Waals surface area (Å²) in [7, 11) is 0. The number of hydrogen-bond acceptors (Lipinski definition) is 2. The van der Waals surface area contributed by atoms with Crippen molar-refractivity contribution in [1.29, 1.82) is 0 Å². The van der Waals surface area contributed by atoms with Crippen molar-refractivity contribution in [1.82, 2.24) is 0 Å². The lowest BCUT2D eigenvalue weighted by Crippen LogP contribution is -2.16. The first-order chi connectivity index (χ1) is 9.65. The van der Waals surface area contributed by atoms with E-state index >= 15 is 0 Å². The Morgan fingerprint density at radius 2 is 1.80 bits per heavy atom. The van der Waals surface area contributed by atoms with Crippen LogP contribution in [0.3, 0.4) is 0 Å². The second-order valence-corrected chi connectivity index (χ2v) is 4.98. The first-order valence-corrected chi connectivity index (χ1v) is 6.88. The summed E-state index contributed by atoms with van der Waals surface area (Å²) < 4.78 is 0. The smallest absolute Gasteiger partial charge is 0.226 e. The van der Waals surface area contributed by atoms with Crippen LogP contribution in [0.5, 0.6) is 0 Å². The maximum absolute atomic E-state index is 11.8. The van der Waals surface area contributed by atoms with Crippen molar-refractivity contribution in [2.24, 2.45) is 0 Å². The van der Waals surface area contributed by atoms with Gasteiger partial charge in [-0.15, -0.1) is 0 Å². The van der Waals surface area contributed by atoms with Gasteiger partial charge in [0.2, 0.25) is 5.91 Å². The van der Waals surface area contributed by atoms with E-state index in [1.165, 1.54) is 5.56 Å². The van der Waals surface area contributed by atoms with Gasteiger partial charge in [-0.1, -0.05) is 41.4 Å². The maximum atomic E-state index is 11.8. The molecule has 104 valence electrons. The van der Waals surface area contributed by atoms with Gasteiger partial charge in [0.15, 0.2) is 0 Å². The molecule has 2 rings (SSSR count). The molecule has 0 aliphatic rings. The monoisotopic (exact) mass is 288 g/mol. The Labute approximate surface area is 124 Å². The van der Waals surface area contributed by atoms with E-state index in [-0.39, 0.29) is 5.91 Å². The lowest BCUT2D eigenvalue weighted by atomic mass is 10.2. The lowest BCUT2D eigenvalue weighted by molar-refractivity contribution is -0.115. The number of benzene rings is 2. The van der Waals surface area contributed by atoms with E-state index in [0.717, 1.165) is 11.4 Å². The highest BCUT2D eigenvalue weighted by molar-refractivity contribution is 6.33. The molecule has 20 heavy (non-hydrogen) atoms. The third kappa shape index (κ3) is 4.28. The van der Waals surface area contributed by atoms with E-state index in [4.69, 9.17) is 11.6 Å². The summed E-state index contributed by atoms with van der Waals surface area (Å²) in [5.41, 5.74) is 2.83. The molecule has 4 heteroatoms. The summed E-state index contributed by atoms with van der Waals surface area (Å²) in [6.07, 6.45) is 0.388. The van der Waals surface area contributed by atoms with Gasteiger partial charge in [-0.25, -0.2) is 0 Å². The fourth-order valence-corrected chi connectivity index (χ4v) is 1.98. The molecule has 0 aliphatic carbocycles. The van der Waals surface area contributed by atoms with Crippen LogP contribution in [-0.2, 0) is 4.79 Å². The van der Waals surface area contributed by atoms with Crippen molar-refractivity contribution < 1.29 is 4.79 Å². The molecule has 0 saturated heterocycles. The molecule has 0 bridgehead atoms. The summed E-state index contributed by atoms with van der Waals surface area (Å²) in [4.78, 5) is 11.8. The Hall–Kier alpha value is -2.00. The minimum absolute atomic E-state index is 0.0200. The summed E-state index contributed by atoms with van der Waals surface area (Å²) in [5.74, 6) is -0.0200. The van der Waals surface area contributed by atoms with E-state index in [1.54, 1.807) is 0 Å². The van der Waals surface area contributed by atoms with E-state index in [0.29, 0.717) is 18.0 Å². The Kier molecular flexibility index (Phi) is 5.02. The molecule has 0 atom stereocenters. The summed E-state index contributed by atoms with van der Waals surface area (Å²) in [6.45, 7) is 2.56. The number of nitrogens with one attached hydrogen (secondary N) is 2. The Morgan fingerprint density at radius 3 is 2.50 bits per heavy atom. The first-order valence-electron chi connectivity index (χ1n) is 6.50. The molecule has 2 N–H and O–H groups in total. The zero-order valence-electron chi connectivity index (χ0n) is 11.3. The number of carbonyl (C=O) groups is 1. The number of rotatable bonds is 5. The molecule has 0 aliphatic heterocycles. The topological polar surface area (TPSA) is 41.1 Å². The van der Waals surface area contributed by atoms with Gasteiger partial charge in [-0.2, -0.15) is 0 Å². The molecule has 0 heterocycles. The van der Waals surface area contributed by atoms with Crippen LogP contribution in [0.1, 0.15) is 12.0 Å². The zero-order valence-corrected chi connectivity index (χ0v) is 12.1. The molecular weight excluding hydrogens is 272 g/mol. The normalized spacial score (nSPS) is 10.1. The molecule has 3 nitrogen and oxygen atoms in total. The third-order valence-electron chi connectivity index (χ3n) is 2.88. The van der Waals surface area contributed by atoms with Crippen LogP contribution in [0.15, 0.2) is 48.5 Å². The summed E-state index contributed by atoms with van der Waals surface area (Å²) in [5, 5.41) is 6.66. The Balaban J connectivity index is 1.78. The largest absolute Gasteiger partial charge is 0.383 e. The SMILES string of the molecule is Cc1ccc(NC(=O)CCNc2ccccc2Cl)cc1. The van der Waals surface area contributed by atoms with Gasteiger partial charge in [0.1, 0.15) is 0 Å². The highest BCUT2D eigenvalue weighted by Gasteiger charge is 2.03. The summed E-state index contributed by atoms with van der Waals surface area (Å²) in [6, 6.07) is 15.2. The number of anilines is 2. The molecule has 0 spiro atoms. The molecule has 0 aromatic heterocycles. The van der Waals surface area contributed by atoms with Crippen LogP contribution in [0.4, 0.5) is 11.4 Å². The van der Waals surface area contributed by atoms with Crippen LogP contribution >= 0.6 is 11.6 Å². The standard InChI is InChI=1S/C16H17ClN2O/c1-12-6-8-13(9-7-12)19-16(20)10-11-18-15-5-3-2-4-14(15)17/h2-9,18H,10-11H2,1H3,(H,19,20). The quantitative estimate of drug-likeness (QED) is 0.870. The maximum Gasteiger partial charge on any atom is 0.226 e. The molecular formula is C16H17ClN2O. The van der Waals surface area contributed by atoms with Crippen molar-refractivity contribution in [2.45, 2.75) is 13.3 Å². The van der Waals surface area contributed by atoms with Crippen LogP contribution < -0.4 is 10.6 Å². The predicted molar refractivity (Wildman–Crippen MR) is 84.4 cm³/mol. The van der Waals surface area contributed by atoms with Gasteiger partial charge in [0, 0.05) is 18.7 Å². The van der Waals surface area contributed by atoms with Gasteiger partial charge in [0.05, 0.1) is 10.7 Å². The van der Waals surface area contributed by atoms with Crippen LogP contribution in [0.25, 0.3) is 0 Å². The van der Waals surface area contributed by atoms with E-state index in [1.807, 2.05) is 55.5 Å². The number of hydrogen-bond donors (Lipinski definition) is 2. The number of aryl methyl sites for hydroxylation is 1. The Morgan fingerprint density at radius 1 is 1.10 bits per heavy atom. The van der Waals surface area contributed by atoms with Crippen molar-refractivity contribution in [3.8, 4) is 0 Å². The minimum atomic E-state index is -0.0200. The van der Waals surface area contributed by atoms with Crippen LogP contribution in [0.2, 0.25) is 5.02 Å². The molecule has 0 fully saturated rings. The molecule has 0 unspecified atom stereocenters. The van der Waals surface area contributed by atoms with Gasteiger partial charge in [-0.3, -0.25) is 4.79 Å². The fraction of sp³-hybridized carbons (Fsp3) is 0.188. The molecule has 0 saturated carbocycles. The molecule has 1 amide bonds. The highest BCUT2D eigenvalue weighted by atomic mass is 35.5. The summed E-state index contributed by atoms with van der Waals surface area (Å²) >= 11 is 6.02. The molecule has 2 aromatic carbocycles. The fourth-order valence-electron chi connectivity index (χ4n) is 1.78. The highest BCUT2D eigenvalue weighted by Crippen LogP contribution is 2.20. The lowest BCUT2D eigenvalue weighted by Gasteiger charge is -2.09. The van der Waals surface area contributed by atoms with Crippen molar-refractivity contribution in [3.05, 3.63) is 59.1 Å². The predicted octanol–water partition coefficient (Wildman–Crippen LogP) is 4.09. The zero-order chi connectivity index (χ0) is 14.4. The van der Waals surface area contributed by atoms with Gasteiger partial charge in [0.25, 0.3) is 0 Å². The average molecular weight is 289 g/mol. The number of carbonyl (C=O) groups excluding carboxylic acids is 1. The Bertz CT molecular complexity index is 581. The van der Waals surface area contributed by atoms with Crippen molar-refractivity contribution in [3.63, 3.8) is 0 Å². The van der Waals surface area contributed by atoms with Gasteiger partial charge in [-0.05, 0) is 31.2 Å². The third-order valence-corrected chi connectivity index (χ3v) is 3.21. The second kappa shape index (κ2) is 6.96. The van der Waals surface area contributed by atoms with Gasteiger partial charge >= 0.3 is 0 Å². The van der Waals surface area contributed by atoms with Crippen LogP contribution in [-0.4, -0.2) is 12.5 Å². The van der Waals surface area contributed by atoms with Crippen molar-refractivity contribution in [2.75, 3.05) is 17.2 Å². The average Bonchev–Trinajstić information content (AvgIpc) is 2.43. The first kappa shape index (κ1) is 14.4. The van der Waals surface area contributed by atoms with E-state index in [9.17, 15) is 4.79 Å². The molecule has 2 aromatic rings. The molecule has 0 radical (unpaired) electrons. The second-order valence-electron chi connectivity index (χ2n) is 4.57. The van der Waals surface area contributed by atoms with E-state index in [2.05, 4.69) is 10.6 Å². The van der Waals surface area contributed by atoms with Gasteiger partial charge < -0.3 is 10.6 Å². The number of amides is 1. The van der Waals surface area contributed by atoms with E-state index < -0.39 is 0 Å². The number of para-hydroxylation sites is 1. The van der Waals surface area contributed by atoms with Crippen LogP contribution in [0, 0.1) is 6.92 Å². The minimum Gasteiger partial charge on any atom is -0.383 e.